The van der Waals surface area contributed by atoms with Gasteiger partial charge in [0.1, 0.15) is 5.82 Å². The average molecular weight is 421 g/mol. The summed E-state index contributed by atoms with van der Waals surface area (Å²) < 4.78 is 38.5. The van der Waals surface area contributed by atoms with Gasteiger partial charge in [0.15, 0.2) is 5.82 Å². The van der Waals surface area contributed by atoms with Gasteiger partial charge in [-0.25, -0.2) is 13.8 Å². The molecule has 0 radical (unpaired) electrons. The zero-order valence-electron chi connectivity index (χ0n) is 17.0. The van der Waals surface area contributed by atoms with Gasteiger partial charge >= 0.3 is 0 Å². The first-order valence-electron chi connectivity index (χ1n) is 9.93. The van der Waals surface area contributed by atoms with Crippen LogP contribution in [0.3, 0.4) is 0 Å². The zero-order valence-corrected chi connectivity index (χ0v) is 17.0. The second-order valence-electron chi connectivity index (χ2n) is 7.49. The number of aromatic nitrogens is 4. The van der Waals surface area contributed by atoms with Crippen LogP contribution in [0.4, 0.5) is 26.5 Å². The van der Waals surface area contributed by atoms with Gasteiger partial charge in [0.25, 0.3) is 6.43 Å². The molecule has 0 saturated carbocycles. The van der Waals surface area contributed by atoms with E-state index in [4.69, 9.17) is 15.2 Å². The molecule has 9 nitrogen and oxygen atoms in total. The molecule has 2 aliphatic rings. The van der Waals surface area contributed by atoms with Crippen molar-refractivity contribution in [3.8, 4) is 11.4 Å². The average Bonchev–Trinajstić information content (AvgIpc) is 2.74. The van der Waals surface area contributed by atoms with Crippen molar-refractivity contribution >= 4 is 17.7 Å². The molecule has 4 heterocycles. The van der Waals surface area contributed by atoms with Gasteiger partial charge in [-0.15, -0.1) is 0 Å². The van der Waals surface area contributed by atoms with Crippen LogP contribution in [0.15, 0.2) is 12.3 Å². The molecular weight excluding hydrogens is 396 g/mol. The largest absolute Gasteiger partial charge is 0.384 e. The predicted molar refractivity (Wildman–Crippen MR) is 108 cm³/mol. The molecule has 2 fully saturated rings. The van der Waals surface area contributed by atoms with Crippen LogP contribution in [-0.2, 0) is 9.47 Å². The molecule has 1 unspecified atom stereocenters. The van der Waals surface area contributed by atoms with E-state index in [1.807, 2.05) is 23.6 Å². The number of rotatable bonds is 4. The van der Waals surface area contributed by atoms with Crippen LogP contribution in [0, 0.1) is 0 Å². The lowest BCUT2D eigenvalue weighted by atomic mass is 10.1. The van der Waals surface area contributed by atoms with E-state index in [1.54, 1.807) is 0 Å². The highest BCUT2D eigenvalue weighted by Crippen LogP contribution is 2.32. The minimum Gasteiger partial charge on any atom is -0.384 e. The van der Waals surface area contributed by atoms with Crippen molar-refractivity contribution in [3.63, 3.8) is 0 Å². The fraction of sp³-hybridized carbons (Fsp3) is 0.579. The SMILES string of the molecule is CC1COCCN1c1nc(-c2cnc(N)cc2C(F)F)nc(N2CCOC[C@@H]2C)n1. The normalized spacial score (nSPS) is 22.6. The summed E-state index contributed by atoms with van der Waals surface area (Å²) >= 11 is 0. The molecule has 2 aromatic rings. The van der Waals surface area contributed by atoms with Gasteiger partial charge in [-0.3, -0.25) is 0 Å². The second kappa shape index (κ2) is 8.60. The Morgan fingerprint density at radius 3 is 2.07 bits per heavy atom. The highest BCUT2D eigenvalue weighted by molar-refractivity contribution is 5.64. The second-order valence-corrected chi connectivity index (χ2v) is 7.49. The number of alkyl halides is 2. The summed E-state index contributed by atoms with van der Waals surface area (Å²) in [6.45, 7) is 7.38. The number of morpholine rings is 2. The summed E-state index contributed by atoms with van der Waals surface area (Å²) in [7, 11) is 0. The molecule has 4 rings (SSSR count). The van der Waals surface area contributed by atoms with Crippen molar-refractivity contribution in [1.29, 1.82) is 0 Å². The summed E-state index contributed by atoms with van der Waals surface area (Å²) in [6, 6.07) is 1.25. The van der Waals surface area contributed by atoms with Gasteiger partial charge in [-0.1, -0.05) is 0 Å². The number of hydrogen-bond donors (Lipinski definition) is 1. The highest BCUT2D eigenvalue weighted by atomic mass is 19.3. The molecule has 2 atom stereocenters. The smallest absolute Gasteiger partial charge is 0.264 e. The molecule has 0 amide bonds. The summed E-state index contributed by atoms with van der Waals surface area (Å²) in [5.74, 6) is 1.03. The maximum absolute atomic E-state index is 13.7. The van der Waals surface area contributed by atoms with Crippen molar-refractivity contribution in [2.75, 3.05) is 55.1 Å². The molecule has 2 N–H and O–H groups in total. The van der Waals surface area contributed by atoms with Crippen LogP contribution in [0.2, 0.25) is 0 Å². The Morgan fingerprint density at radius 2 is 1.57 bits per heavy atom. The molecule has 0 aromatic carbocycles. The van der Waals surface area contributed by atoms with Gasteiger partial charge in [-0.2, -0.15) is 15.0 Å². The maximum atomic E-state index is 13.7. The molecule has 0 spiro atoms. The van der Waals surface area contributed by atoms with Crippen LogP contribution in [0.25, 0.3) is 11.4 Å². The third-order valence-corrected chi connectivity index (χ3v) is 5.29. The Balaban J connectivity index is 1.84. The summed E-state index contributed by atoms with van der Waals surface area (Å²) in [6.07, 6.45) is -1.44. The summed E-state index contributed by atoms with van der Waals surface area (Å²) in [4.78, 5) is 21.8. The number of nitrogens with zero attached hydrogens (tertiary/aromatic N) is 6. The number of hydrogen-bond acceptors (Lipinski definition) is 9. The van der Waals surface area contributed by atoms with E-state index in [-0.39, 0.29) is 34.9 Å². The van der Waals surface area contributed by atoms with E-state index in [0.29, 0.717) is 51.4 Å². The lowest BCUT2D eigenvalue weighted by molar-refractivity contribution is 0.0969. The lowest BCUT2D eigenvalue weighted by Gasteiger charge is -2.36. The van der Waals surface area contributed by atoms with E-state index < -0.39 is 6.43 Å². The first-order valence-corrected chi connectivity index (χ1v) is 9.93. The maximum Gasteiger partial charge on any atom is 0.264 e. The third-order valence-electron chi connectivity index (χ3n) is 5.29. The van der Waals surface area contributed by atoms with Crippen LogP contribution in [0.1, 0.15) is 25.8 Å². The number of nitrogens with two attached hydrogens (primary N) is 1. The molecular formula is C19H25F2N7O2. The molecule has 2 aromatic heterocycles. The Hall–Kier alpha value is -2.66. The lowest BCUT2D eigenvalue weighted by Crippen LogP contribution is -2.46. The number of pyridine rings is 1. The Bertz CT molecular complexity index is 861. The zero-order chi connectivity index (χ0) is 21.3. The molecule has 30 heavy (non-hydrogen) atoms. The Labute approximate surface area is 173 Å². The molecule has 2 saturated heterocycles. The van der Waals surface area contributed by atoms with Crippen LogP contribution < -0.4 is 15.5 Å². The van der Waals surface area contributed by atoms with Crippen molar-refractivity contribution < 1.29 is 18.3 Å². The van der Waals surface area contributed by atoms with Crippen LogP contribution >= 0.6 is 0 Å². The number of anilines is 3. The minimum absolute atomic E-state index is 0.0205. The predicted octanol–water partition coefficient (Wildman–Crippen LogP) is 1.90. The van der Waals surface area contributed by atoms with E-state index in [9.17, 15) is 8.78 Å². The van der Waals surface area contributed by atoms with Crippen molar-refractivity contribution in [1.82, 2.24) is 19.9 Å². The molecule has 162 valence electrons. The third kappa shape index (κ3) is 4.12. The van der Waals surface area contributed by atoms with Crippen LogP contribution in [-0.4, -0.2) is 71.5 Å². The summed E-state index contributed by atoms with van der Waals surface area (Å²) in [5, 5.41) is 0. The fourth-order valence-corrected chi connectivity index (χ4v) is 3.64. The first-order chi connectivity index (χ1) is 14.4. The van der Waals surface area contributed by atoms with Crippen LogP contribution in [0.5, 0.6) is 0 Å². The van der Waals surface area contributed by atoms with E-state index in [1.165, 1.54) is 6.20 Å². The Morgan fingerprint density at radius 1 is 1.00 bits per heavy atom. The van der Waals surface area contributed by atoms with E-state index in [2.05, 4.69) is 19.9 Å². The topological polar surface area (TPSA) is 103 Å². The standard InChI is InChI=1S/C19H25F2N7O2/c1-11-9-29-5-3-27(11)18-24-17(14-8-23-15(22)7-13(14)16(20)21)25-19(26-18)28-4-6-30-10-12(28)2/h7-8,11-12,16H,3-6,9-10H2,1-2H3,(H2,22,23)/t11-,12?/m0/s1. The van der Waals surface area contributed by atoms with E-state index in [0.717, 1.165) is 6.07 Å². The summed E-state index contributed by atoms with van der Waals surface area (Å²) in [5.41, 5.74) is 5.52. The quantitative estimate of drug-likeness (QED) is 0.793. The molecule has 0 bridgehead atoms. The minimum atomic E-state index is -2.74. The van der Waals surface area contributed by atoms with Crippen molar-refractivity contribution in [2.45, 2.75) is 32.4 Å². The van der Waals surface area contributed by atoms with Gasteiger partial charge < -0.3 is 25.0 Å². The number of nitrogen functional groups attached to an aromatic ring is 1. The van der Waals surface area contributed by atoms with Crippen molar-refractivity contribution in [2.24, 2.45) is 0 Å². The number of halogens is 2. The van der Waals surface area contributed by atoms with Crippen molar-refractivity contribution in [3.05, 3.63) is 17.8 Å². The van der Waals surface area contributed by atoms with Gasteiger partial charge in [0.05, 0.1) is 38.5 Å². The van der Waals surface area contributed by atoms with E-state index >= 15 is 0 Å². The van der Waals surface area contributed by atoms with Gasteiger partial charge in [0, 0.05) is 30.4 Å². The fourth-order valence-electron chi connectivity index (χ4n) is 3.64. The first kappa shape index (κ1) is 20.6. The van der Waals surface area contributed by atoms with Gasteiger partial charge in [-0.05, 0) is 19.9 Å². The van der Waals surface area contributed by atoms with Gasteiger partial charge in [0.2, 0.25) is 11.9 Å². The number of ether oxygens (including phenoxy) is 2. The Kier molecular flexibility index (Phi) is 5.91. The molecule has 0 aliphatic carbocycles. The highest BCUT2D eigenvalue weighted by Gasteiger charge is 2.28. The monoisotopic (exact) mass is 421 g/mol. The molecule has 11 heteroatoms. The molecule has 2 aliphatic heterocycles.